The summed E-state index contributed by atoms with van der Waals surface area (Å²) >= 11 is 0. The van der Waals surface area contributed by atoms with Crippen molar-refractivity contribution in [1.82, 2.24) is 9.62 Å². The predicted molar refractivity (Wildman–Crippen MR) is 93.9 cm³/mol. The number of carbonyl (C=O) groups is 1. The smallest absolute Gasteiger partial charge is 0.223 e. The van der Waals surface area contributed by atoms with Crippen LogP contribution in [-0.2, 0) is 14.8 Å². The van der Waals surface area contributed by atoms with Gasteiger partial charge in [-0.05, 0) is 45.1 Å². The van der Waals surface area contributed by atoms with Crippen molar-refractivity contribution in [2.24, 2.45) is 17.6 Å². The van der Waals surface area contributed by atoms with E-state index in [2.05, 4.69) is 5.32 Å². The minimum Gasteiger partial charge on any atom is -0.353 e. The summed E-state index contributed by atoms with van der Waals surface area (Å²) in [6.07, 6.45) is 5.68. The standard InChI is InChI=1S/C15H29N3O3S.ClH/c1-2-22(20,21)18-9-7-12(8-10-18)15(19)17-14-6-4-3-5-13(14)11-16;/h12-14H,2-11,16H2,1H3,(H,17,19);1H. The van der Waals surface area contributed by atoms with Crippen molar-refractivity contribution in [1.29, 1.82) is 0 Å². The van der Waals surface area contributed by atoms with E-state index in [1.54, 1.807) is 6.92 Å². The highest BCUT2D eigenvalue weighted by Gasteiger charge is 2.32. The normalized spacial score (nSPS) is 27.2. The molecule has 0 aromatic carbocycles. The monoisotopic (exact) mass is 367 g/mol. The maximum atomic E-state index is 12.4. The van der Waals surface area contributed by atoms with Gasteiger partial charge in [0, 0.05) is 25.0 Å². The molecule has 2 fully saturated rings. The average Bonchev–Trinajstić information content (AvgIpc) is 2.55. The third kappa shape index (κ3) is 5.31. The predicted octanol–water partition coefficient (Wildman–Crippen LogP) is 1.10. The van der Waals surface area contributed by atoms with E-state index >= 15 is 0 Å². The van der Waals surface area contributed by atoms with E-state index in [1.165, 1.54) is 10.7 Å². The molecule has 0 radical (unpaired) electrons. The second-order valence-electron chi connectivity index (χ2n) is 6.47. The van der Waals surface area contributed by atoms with Crippen LogP contribution >= 0.6 is 12.4 Å². The molecule has 1 saturated carbocycles. The summed E-state index contributed by atoms with van der Waals surface area (Å²) < 4.78 is 25.2. The van der Waals surface area contributed by atoms with E-state index in [0.29, 0.717) is 38.4 Å². The third-order valence-corrected chi connectivity index (χ3v) is 7.00. The van der Waals surface area contributed by atoms with Crippen LogP contribution in [0.5, 0.6) is 0 Å². The van der Waals surface area contributed by atoms with Crippen LogP contribution in [0.25, 0.3) is 0 Å². The minimum absolute atomic E-state index is 0. The quantitative estimate of drug-likeness (QED) is 0.761. The van der Waals surface area contributed by atoms with Crippen LogP contribution in [-0.4, -0.2) is 50.1 Å². The molecule has 1 amide bonds. The second-order valence-corrected chi connectivity index (χ2v) is 8.73. The first-order chi connectivity index (χ1) is 10.5. The zero-order valence-electron chi connectivity index (χ0n) is 13.9. The number of halogens is 1. The van der Waals surface area contributed by atoms with Gasteiger partial charge in [0.15, 0.2) is 0 Å². The van der Waals surface area contributed by atoms with Gasteiger partial charge in [0.2, 0.25) is 15.9 Å². The average molecular weight is 368 g/mol. The Morgan fingerprint density at radius 2 is 1.78 bits per heavy atom. The van der Waals surface area contributed by atoms with E-state index in [-0.39, 0.29) is 36.0 Å². The van der Waals surface area contributed by atoms with Gasteiger partial charge in [-0.15, -0.1) is 12.4 Å². The van der Waals surface area contributed by atoms with Gasteiger partial charge < -0.3 is 11.1 Å². The third-order valence-electron chi connectivity index (χ3n) is 5.12. The number of rotatable bonds is 5. The summed E-state index contributed by atoms with van der Waals surface area (Å²) in [5.74, 6) is 0.533. The van der Waals surface area contributed by atoms with Crippen molar-refractivity contribution in [2.75, 3.05) is 25.4 Å². The Morgan fingerprint density at radius 3 is 2.35 bits per heavy atom. The molecule has 1 aliphatic heterocycles. The van der Waals surface area contributed by atoms with Gasteiger partial charge in [-0.2, -0.15) is 0 Å². The molecule has 0 bridgehead atoms. The molecular weight excluding hydrogens is 338 g/mol. The summed E-state index contributed by atoms with van der Waals surface area (Å²) in [4.78, 5) is 12.4. The number of piperidine rings is 1. The first-order valence-corrected chi connectivity index (χ1v) is 10.1. The van der Waals surface area contributed by atoms with E-state index in [4.69, 9.17) is 5.73 Å². The number of sulfonamides is 1. The van der Waals surface area contributed by atoms with Crippen molar-refractivity contribution in [3.63, 3.8) is 0 Å². The molecule has 1 saturated heterocycles. The van der Waals surface area contributed by atoms with Crippen LogP contribution in [0.3, 0.4) is 0 Å². The van der Waals surface area contributed by atoms with Crippen molar-refractivity contribution >= 4 is 28.3 Å². The Balaban J connectivity index is 0.00000264. The Morgan fingerprint density at radius 1 is 1.17 bits per heavy atom. The van der Waals surface area contributed by atoms with Crippen molar-refractivity contribution in [2.45, 2.75) is 51.5 Å². The molecular formula is C15H30ClN3O3S. The van der Waals surface area contributed by atoms with Crippen molar-refractivity contribution in [3.8, 4) is 0 Å². The molecule has 0 aromatic heterocycles. The molecule has 23 heavy (non-hydrogen) atoms. The largest absolute Gasteiger partial charge is 0.353 e. The summed E-state index contributed by atoms with van der Waals surface area (Å²) in [5, 5.41) is 3.17. The summed E-state index contributed by atoms with van der Waals surface area (Å²) in [6.45, 7) is 3.20. The maximum Gasteiger partial charge on any atom is 0.223 e. The van der Waals surface area contributed by atoms with Crippen LogP contribution < -0.4 is 11.1 Å². The fraction of sp³-hybridized carbons (Fsp3) is 0.933. The highest BCUT2D eigenvalue weighted by Crippen LogP contribution is 2.25. The van der Waals surface area contributed by atoms with Crippen LogP contribution in [0.1, 0.15) is 45.4 Å². The highest BCUT2D eigenvalue weighted by molar-refractivity contribution is 7.89. The molecule has 136 valence electrons. The Hall–Kier alpha value is -0.370. The van der Waals surface area contributed by atoms with Gasteiger partial charge in [0.1, 0.15) is 0 Å². The number of amides is 1. The highest BCUT2D eigenvalue weighted by atomic mass is 35.5. The van der Waals surface area contributed by atoms with E-state index < -0.39 is 10.0 Å². The summed E-state index contributed by atoms with van der Waals surface area (Å²) in [7, 11) is -3.13. The molecule has 2 unspecified atom stereocenters. The minimum atomic E-state index is -3.13. The summed E-state index contributed by atoms with van der Waals surface area (Å²) in [6, 6.07) is 0.198. The van der Waals surface area contributed by atoms with Crippen LogP contribution in [0.4, 0.5) is 0 Å². The number of hydrogen-bond acceptors (Lipinski definition) is 4. The van der Waals surface area contributed by atoms with E-state index in [1.807, 2.05) is 0 Å². The molecule has 2 atom stereocenters. The Kier molecular flexibility index (Phi) is 8.27. The maximum absolute atomic E-state index is 12.4. The first-order valence-electron chi connectivity index (χ1n) is 8.46. The van der Waals surface area contributed by atoms with Crippen molar-refractivity contribution in [3.05, 3.63) is 0 Å². The lowest BCUT2D eigenvalue weighted by Gasteiger charge is -2.34. The fourth-order valence-corrected chi connectivity index (χ4v) is 4.69. The lowest BCUT2D eigenvalue weighted by molar-refractivity contribution is -0.127. The lowest BCUT2D eigenvalue weighted by Crippen LogP contribution is -2.49. The lowest BCUT2D eigenvalue weighted by atomic mass is 9.84. The van der Waals surface area contributed by atoms with Crippen LogP contribution in [0.15, 0.2) is 0 Å². The molecule has 8 heteroatoms. The number of nitrogens with zero attached hydrogens (tertiary/aromatic N) is 1. The Labute approximate surface area is 146 Å². The van der Waals surface area contributed by atoms with Gasteiger partial charge >= 0.3 is 0 Å². The number of nitrogens with two attached hydrogens (primary N) is 1. The van der Waals surface area contributed by atoms with E-state index in [9.17, 15) is 13.2 Å². The SMILES string of the molecule is CCS(=O)(=O)N1CCC(C(=O)NC2CCCCC2CN)CC1.Cl. The molecule has 2 aliphatic rings. The molecule has 0 aromatic rings. The zero-order chi connectivity index (χ0) is 16.2. The van der Waals surface area contributed by atoms with Crippen LogP contribution in [0.2, 0.25) is 0 Å². The van der Waals surface area contributed by atoms with Gasteiger partial charge in [0.25, 0.3) is 0 Å². The van der Waals surface area contributed by atoms with Gasteiger partial charge in [-0.25, -0.2) is 12.7 Å². The molecule has 1 heterocycles. The molecule has 6 nitrogen and oxygen atoms in total. The zero-order valence-corrected chi connectivity index (χ0v) is 15.5. The summed E-state index contributed by atoms with van der Waals surface area (Å²) in [5.41, 5.74) is 5.80. The molecule has 0 spiro atoms. The van der Waals surface area contributed by atoms with Gasteiger partial charge in [-0.3, -0.25) is 4.79 Å². The fourth-order valence-electron chi connectivity index (χ4n) is 3.56. The van der Waals surface area contributed by atoms with E-state index in [0.717, 1.165) is 19.3 Å². The first kappa shape index (κ1) is 20.7. The van der Waals surface area contributed by atoms with Gasteiger partial charge in [0.05, 0.1) is 5.75 Å². The molecule has 1 aliphatic carbocycles. The number of hydrogen-bond donors (Lipinski definition) is 2. The number of carbonyl (C=O) groups excluding carboxylic acids is 1. The number of nitrogens with one attached hydrogen (secondary N) is 1. The second kappa shape index (κ2) is 9.20. The Bertz CT molecular complexity index is 478. The molecule has 2 rings (SSSR count). The van der Waals surface area contributed by atoms with Crippen LogP contribution in [0, 0.1) is 11.8 Å². The molecule has 3 N–H and O–H groups in total. The van der Waals surface area contributed by atoms with Gasteiger partial charge in [-0.1, -0.05) is 12.8 Å². The van der Waals surface area contributed by atoms with Crippen molar-refractivity contribution < 1.29 is 13.2 Å². The topological polar surface area (TPSA) is 92.5 Å².